The van der Waals surface area contributed by atoms with Gasteiger partial charge in [-0.1, -0.05) is 206 Å². The highest BCUT2D eigenvalue weighted by Gasteiger charge is 2.47. The number of unbranched alkanes of at least 4 members (excludes halogenated alkanes) is 15. The van der Waals surface area contributed by atoms with Gasteiger partial charge in [-0.05, 0) is 103 Å². The SMILES string of the molecule is CC/C=C\C/C=C\C/C=C\C/C=C\C/C=C\C/C=C\CCCCCCCCC(=O)OC(COCCCCCCCCCCC/C=C\C/C=C\C/C=C\C/C=C\CC)COC1OC(COC2OC(CO)C(O)C(O)C2O)C(O)C(O)C1O. The molecule has 2 aliphatic rings. The lowest BCUT2D eigenvalue weighted by atomic mass is 9.98. The summed E-state index contributed by atoms with van der Waals surface area (Å²) in [5.41, 5.74) is 0. The number of esters is 1. The zero-order chi connectivity index (χ0) is 58.6. The van der Waals surface area contributed by atoms with Crippen molar-refractivity contribution in [2.24, 2.45) is 0 Å². The summed E-state index contributed by atoms with van der Waals surface area (Å²) in [7, 11) is 0. The third kappa shape index (κ3) is 38.1. The van der Waals surface area contributed by atoms with Gasteiger partial charge in [0.05, 0.1) is 26.4 Å². The van der Waals surface area contributed by atoms with Crippen molar-refractivity contribution in [3.8, 4) is 0 Å². The summed E-state index contributed by atoms with van der Waals surface area (Å²) in [5.74, 6) is -0.397. The lowest BCUT2D eigenvalue weighted by molar-refractivity contribution is -0.332. The maximum absolute atomic E-state index is 13.1. The van der Waals surface area contributed by atoms with Crippen LogP contribution in [0.4, 0.5) is 0 Å². The van der Waals surface area contributed by atoms with E-state index in [4.69, 9.17) is 28.4 Å². The maximum Gasteiger partial charge on any atom is 0.306 e. The molecule has 2 saturated heterocycles. The Morgan fingerprint density at radius 1 is 0.407 bits per heavy atom. The van der Waals surface area contributed by atoms with E-state index in [0.717, 1.165) is 128 Å². The summed E-state index contributed by atoms with van der Waals surface area (Å²) in [6.45, 7) is 3.42. The number of aliphatic hydroxyl groups excluding tert-OH is 7. The summed E-state index contributed by atoms with van der Waals surface area (Å²) in [4.78, 5) is 13.1. The zero-order valence-electron chi connectivity index (χ0n) is 49.7. The van der Waals surface area contributed by atoms with E-state index >= 15 is 0 Å². The summed E-state index contributed by atoms with van der Waals surface area (Å²) >= 11 is 0. The number of hydrogen-bond donors (Lipinski definition) is 7. The summed E-state index contributed by atoms with van der Waals surface area (Å²) in [5, 5.41) is 72.5. The van der Waals surface area contributed by atoms with Crippen molar-refractivity contribution in [1.29, 1.82) is 0 Å². The summed E-state index contributed by atoms with van der Waals surface area (Å²) in [6.07, 6.45) is 56.8. The van der Waals surface area contributed by atoms with Crippen molar-refractivity contribution >= 4 is 5.97 Å². The van der Waals surface area contributed by atoms with Gasteiger partial charge in [-0.3, -0.25) is 4.79 Å². The van der Waals surface area contributed by atoms with E-state index in [2.05, 4.69) is 135 Å². The Morgan fingerprint density at radius 3 is 1.20 bits per heavy atom. The van der Waals surface area contributed by atoms with Gasteiger partial charge in [0.25, 0.3) is 0 Å². The molecule has 11 unspecified atom stereocenters. The van der Waals surface area contributed by atoms with Gasteiger partial charge < -0.3 is 64.2 Å². The van der Waals surface area contributed by atoms with E-state index < -0.39 is 86.7 Å². The van der Waals surface area contributed by atoms with Crippen LogP contribution in [0.3, 0.4) is 0 Å². The minimum absolute atomic E-state index is 0.0427. The number of rotatable bonds is 49. The van der Waals surface area contributed by atoms with Crippen LogP contribution in [0.5, 0.6) is 0 Å². The number of ether oxygens (including phenoxy) is 6. The molecule has 81 heavy (non-hydrogen) atoms. The molecule has 0 aromatic rings. The van der Waals surface area contributed by atoms with Crippen LogP contribution in [0.1, 0.15) is 194 Å². The lowest BCUT2D eigenvalue weighted by Crippen LogP contribution is -2.61. The molecule has 0 spiro atoms. The molecule has 14 heteroatoms. The smallest absolute Gasteiger partial charge is 0.306 e. The number of allylic oxidation sites excluding steroid dienone is 20. The van der Waals surface area contributed by atoms with Crippen LogP contribution in [0.15, 0.2) is 122 Å². The monoisotopic (exact) mass is 1140 g/mol. The molecule has 0 amide bonds. The predicted octanol–water partition coefficient (Wildman–Crippen LogP) is 12.1. The van der Waals surface area contributed by atoms with E-state index in [1.54, 1.807) is 0 Å². The Hall–Kier alpha value is -3.61. The highest BCUT2D eigenvalue weighted by molar-refractivity contribution is 5.69. The van der Waals surface area contributed by atoms with Crippen LogP contribution in [-0.2, 0) is 33.2 Å². The van der Waals surface area contributed by atoms with Crippen molar-refractivity contribution in [3.05, 3.63) is 122 Å². The normalized spacial score (nSPS) is 24.6. The number of aliphatic hydroxyl groups is 7. The van der Waals surface area contributed by atoms with Gasteiger partial charge in [0.15, 0.2) is 12.6 Å². The topological polar surface area (TPSA) is 214 Å². The van der Waals surface area contributed by atoms with Crippen LogP contribution in [0, 0.1) is 0 Å². The van der Waals surface area contributed by atoms with E-state index in [9.17, 15) is 40.5 Å². The largest absolute Gasteiger partial charge is 0.457 e. The van der Waals surface area contributed by atoms with Crippen molar-refractivity contribution in [3.63, 3.8) is 0 Å². The quantitative estimate of drug-likeness (QED) is 0.0172. The molecule has 2 fully saturated rings. The minimum Gasteiger partial charge on any atom is -0.457 e. The average Bonchev–Trinajstić information content (AvgIpc) is 3.46. The number of hydrogen-bond acceptors (Lipinski definition) is 14. The van der Waals surface area contributed by atoms with Gasteiger partial charge in [-0.25, -0.2) is 0 Å². The van der Waals surface area contributed by atoms with E-state index in [0.29, 0.717) is 13.0 Å². The molecule has 7 N–H and O–H groups in total. The van der Waals surface area contributed by atoms with Crippen LogP contribution in [0.25, 0.3) is 0 Å². The Morgan fingerprint density at radius 2 is 0.765 bits per heavy atom. The third-order valence-corrected chi connectivity index (χ3v) is 14.0. The molecular weight excluding hydrogens is 1030 g/mol. The highest BCUT2D eigenvalue weighted by atomic mass is 16.7. The molecule has 0 saturated carbocycles. The Labute approximate surface area is 488 Å². The van der Waals surface area contributed by atoms with Crippen molar-refractivity contribution in [2.45, 2.75) is 261 Å². The van der Waals surface area contributed by atoms with Gasteiger partial charge in [0, 0.05) is 13.0 Å². The summed E-state index contributed by atoms with van der Waals surface area (Å²) < 4.78 is 34.4. The van der Waals surface area contributed by atoms with E-state index in [1.165, 1.54) is 38.5 Å². The van der Waals surface area contributed by atoms with E-state index in [1.807, 2.05) is 0 Å². The second kappa shape index (κ2) is 52.0. The van der Waals surface area contributed by atoms with E-state index in [-0.39, 0.29) is 19.6 Å². The second-order valence-corrected chi connectivity index (χ2v) is 21.1. The molecular formula is C67H110O14. The van der Waals surface area contributed by atoms with Crippen molar-refractivity contribution in [2.75, 3.05) is 33.0 Å². The first-order chi connectivity index (χ1) is 39.6. The fraction of sp³-hybridized carbons (Fsp3) is 0.687. The second-order valence-electron chi connectivity index (χ2n) is 21.1. The molecule has 2 heterocycles. The zero-order valence-corrected chi connectivity index (χ0v) is 49.7. The third-order valence-electron chi connectivity index (χ3n) is 14.0. The predicted molar refractivity (Wildman–Crippen MR) is 325 cm³/mol. The Balaban J connectivity index is 1.71. The van der Waals surface area contributed by atoms with Crippen LogP contribution >= 0.6 is 0 Å². The highest BCUT2D eigenvalue weighted by Crippen LogP contribution is 2.26. The molecule has 462 valence electrons. The molecule has 0 aromatic carbocycles. The Kier molecular flexibility index (Phi) is 47.2. The van der Waals surface area contributed by atoms with Crippen LogP contribution in [-0.4, -0.2) is 142 Å². The molecule has 0 radical (unpaired) electrons. The van der Waals surface area contributed by atoms with Gasteiger partial charge in [-0.2, -0.15) is 0 Å². The van der Waals surface area contributed by atoms with Crippen molar-refractivity contribution in [1.82, 2.24) is 0 Å². The van der Waals surface area contributed by atoms with Gasteiger partial charge in [0.1, 0.15) is 54.9 Å². The molecule has 0 aliphatic carbocycles. The van der Waals surface area contributed by atoms with Gasteiger partial charge in [-0.15, -0.1) is 0 Å². The Bertz CT molecular complexity index is 1800. The van der Waals surface area contributed by atoms with Crippen LogP contribution in [0.2, 0.25) is 0 Å². The molecule has 0 aromatic heterocycles. The van der Waals surface area contributed by atoms with Crippen molar-refractivity contribution < 1.29 is 69.0 Å². The number of carbonyl (C=O) groups is 1. The molecule has 0 bridgehead atoms. The number of carbonyl (C=O) groups excluding carboxylic acids is 1. The molecule has 11 atom stereocenters. The minimum atomic E-state index is -1.72. The van der Waals surface area contributed by atoms with Gasteiger partial charge >= 0.3 is 5.97 Å². The molecule has 2 aliphatic heterocycles. The standard InChI is InChI=1S/C67H110O14/c1-3-5-7-9-11-13-15-17-19-21-23-25-27-28-29-30-32-34-36-38-40-42-44-46-48-50-59(69)79-56(53-76-51-49-47-45-43-41-39-37-35-33-31-26-24-22-20-18-16-14-12-10-8-6-4-2)54-77-66-65(75)63(73)61(71)58(81-66)55-78-67-64(74)62(72)60(70)57(52-68)80-67/h5-8,11-14,17-20,23-26,28-29,32,34,56-58,60-68,70-75H,3-4,9-10,15-16,21-22,27,30-31,33,35-55H2,1-2H3/b7-5-,8-6-,13-11-,14-12-,19-17-,20-18-,25-23-,26-24-,29-28-,34-32-. The van der Waals surface area contributed by atoms with Crippen LogP contribution < -0.4 is 0 Å². The first-order valence-electron chi connectivity index (χ1n) is 31.1. The maximum atomic E-state index is 13.1. The molecule has 2 rings (SSSR count). The lowest BCUT2D eigenvalue weighted by Gasteiger charge is -2.42. The first kappa shape index (κ1) is 73.5. The summed E-state index contributed by atoms with van der Waals surface area (Å²) in [6, 6.07) is 0. The first-order valence-corrected chi connectivity index (χ1v) is 31.1. The van der Waals surface area contributed by atoms with Gasteiger partial charge in [0.2, 0.25) is 0 Å². The fourth-order valence-electron chi connectivity index (χ4n) is 9.04. The molecule has 14 nitrogen and oxygen atoms in total. The fourth-order valence-corrected chi connectivity index (χ4v) is 9.04. The average molecular weight is 1140 g/mol.